The van der Waals surface area contributed by atoms with Gasteiger partial charge in [0.05, 0.1) is 0 Å². The highest BCUT2D eigenvalue weighted by Gasteiger charge is 2.05. The maximum Gasteiger partial charge on any atom is 0.131 e. The standard InChI is InChI=1S/C12H11FN2/c1-8-4-9(7-15-6-8)11-5-10(14)2-3-12(11)13/h2-7H,14H2,1H3. The first-order valence-electron chi connectivity index (χ1n) is 4.64. The van der Waals surface area contributed by atoms with Gasteiger partial charge in [-0.25, -0.2) is 4.39 Å². The average molecular weight is 202 g/mol. The zero-order chi connectivity index (χ0) is 10.8. The lowest BCUT2D eigenvalue weighted by Gasteiger charge is -2.04. The highest BCUT2D eigenvalue weighted by atomic mass is 19.1. The number of hydrogen-bond donors (Lipinski definition) is 1. The Bertz CT molecular complexity index is 495. The summed E-state index contributed by atoms with van der Waals surface area (Å²) in [5, 5.41) is 0. The van der Waals surface area contributed by atoms with Crippen LogP contribution in [0.1, 0.15) is 5.56 Å². The van der Waals surface area contributed by atoms with Crippen LogP contribution in [0.5, 0.6) is 0 Å². The molecule has 76 valence electrons. The molecule has 1 aromatic heterocycles. The van der Waals surface area contributed by atoms with Crippen LogP contribution in [-0.4, -0.2) is 4.98 Å². The summed E-state index contributed by atoms with van der Waals surface area (Å²) in [6, 6.07) is 6.41. The van der Waals surface area contributed by atoms with Crippen molar-refractivity contribution in [2.45, 2.75) is 6.92 Å². The Morgan fingerprint density at radius 2 is 2.00 bits per heavy atom. The quantitative estimate of drug-likeness (QED) is 0.722. The second-order valence-corrected chi connectivity index (χ2v) is 3.49. The zero-order valence-electron chi connectivity index (χ0n) is 8.37. The van der Waals surface area contributed by atoms with Crippen molar-refractivity contribution in [2.24, 2.45) is 0 Å². The first-order valence-corrected chi connectivity index (χ1v) is 4.64. The Kier molecular flexibility index (Phi) is 2.37. The number of halogens is 1. The van der Waals surface area contributed by atoms with Gasteiger partial charge in [-0.2, -0.15) is 0 Å². The van der Waals surface area contributed by atoms with Gasteiger partial charge in [-0.15, -0.1) is 0 Å². The summed E-state index contributed by atoms with van der Waals surface area (Å²) in [4.78, 5) is 4.02. The highest BCUT2D eigenvalue weighted by Crippen LogP contribution is 2.24. The Hall–Kier alpha value is -1.90. The molecular weight excluding hydrogens is 191 g/mol. The Labute approximate surface area is 87.6 Å². The molecule has 0 unspecified atom stereocenters. The molecule has 0 aliphatic heterocycles. The van der Waals surface area contributed by atoms with E-state index in [9.17, 15) is 4.39 Å². The smallest absolute Gasteiger partial charge is 0.131 e. The van der Waals surface area contributed by atoms with Crippen molar-refractivity contribution in [3.05, 3.63) is 48.0 Å². The normalized spacial score (nSPS) is 10.3. The highest BCUT2D eigenvalue weighted by molar-refractivity contribution is 5.67. The molecule has 0 spiro atoms. The molecule has 0 amide bonds. The monoisotopic (exact) mass is 202 g/mol. The van der Waals surface area contributed by atoms with Gasteiger partial charge in [-0.3, -0.25) is 4.98 Å². The van der Waals surface area contributed by atoms with Crippen molar-refractivity contribution in [1.82, 2.24) is 4.98 Å². The number of aromatic nitrogens is 1. The number of nitrogens with zero attached hydrogens (tertiary/aromatic N) is 1. The fourth-order valence-electron chi connectivity index (χ4n) is 1.47. The van der Waals surface area contributed by atoms with E-state index >= 15 is 0 Å². The Morgan fingerprint density at radius 3 is 2.73 bits per heavy atom. The van der Waals surface area contributed by atoms with E-state index in [1.165, 1.54) is 6.07 Å². The van der Waals surface area contributed by atoms with Crippen LogP contribution in [0.15, 0.2) is 36.7 Å². The molecule has 0 saturated carbocycles. The number of hydrogen-bond acceptors (Lipinski definition) is 2. The topological polar surface area (TPSA) is 38.9 Å². The molecule has 2 N–H and O–H groups in total. The third-order valence-corrected chi connectivity index (χ3v) is 2.18. The predicted octanol–water partition coefficient (Wildman–Crippen LogP) is 2.78. The minimum Gasteiger partial charge on any atom is -0.399 e. The minimum atomic E-state index is -0.281. The molecule has 2 aromatic rings. The number of benzene rings is 1. The number of aryl methyl sites for hydroxylation is 1. The van der Waals surface area contributed by atoms with Crippen LogP contribution in [0.2, 0.25) is 0 Å². The summed E-state index contributed by atoms with van der Waals surface area (Å²) in [5.41, 5.74) is 8.40. The van der Waals surface area contributed by atoms with E-state index < -0.39 is 0 Å². The maximum absolute atomic E-state index is 13.5. The van der Waals surface area contributed by atoms with Crippen LogP contribution >= 0.6 is 0 Å². The van der Waals surface area contributed by atoms with Gasteiger partial charge in [0, 0.05) is 29.2 Å². The molecule has 3 heteroatoms. The Balaban J connectivity index is 2.58. The number of nitrogens with two attached hydrogens (primary N) is 1. The number of anilines is 1. The lowest BCUT2D eigenvalue weighted by molar-refractivity contribution is 0.631. The second kappa shape index (κ2) is 3.69. The van der Waals surface area contributed by atoms with E-state index in [-0.39, 0.29) is 5.82 Å². The van der Waals surface area contributed by atoms with Crippen molar-refractivity contribution < 1.29 is 4.39 Å². The SMILES string of the molecule is Cc1cncc(-c2cc(N)ccc2F)c1. The van der Waals surface area contributed by atoms with E-state index in [2.05, 4.69) is 4.98 Å². The van der Waals surface area contributed by atoms with Gasteiger partial charge in [0.15, 0.2) is 0 Å². The number of nitrogen functional groups attached to an aromatic ring is 1. The second-order valence-electron chi connectivity index (χ2n) is 3.49. The summed E-state index contributed by atoms with van der Waals surface area (Å²) in [5.74, 6) is -0.281. The average Bonchev–Trinajstić information content (AvgIpc) is 2.22. The molecule has 1 heterocycles. The molecule has 0 atom stereocenters. The lowest BCUT2D eigenvalue weighted by Crippen LogP contribution is -1.90. The van der Waals surface area contributed by atoms with E-state index in [0.29, 0.717) is 11.3 Å². The van der Waals surface area contributed by atoms with Crippen molar-refractivity contribution >= 4 is 5.69 Å². The molecule has 15 heavy (non-hydrogen) atoms. The molecule has 1 aromatic carbocycles. The third-order valence-electron chi connectivity index (χ3n) is 2.18. The molecule has 0 saturated heterocycles. The van der Waals surface area contributed by atoms with E-state index in [4.69, 9.17) is 5.73 Å². The fraction of sp³-hybridized carbons (Fsp3) is 0.0833. The molecule has 0 fully saturated rings. The Morgan fingerprint density at radius 1 is 1.20 bits per heavy atom. The molecule has 0 aliphatic rings. The van der Waals surface area contributed by atoms with Crippen LogP contribution < -0.4 is 5.73 Å². The van der Waals surface area contributed by atoms with Crippen molar-refractivity contribution in [1.29, 1.82) is 0 Å². The number of pyridine rings is 1. The largest absolute Gasteiger partial charge is 0.399 e. The summed E-state index contributed by atoms with van der Waals surface area (Å²) in [6.45, 7) is 1.92. The van der Waals surface area contributed by atoms with Gasteiger partial charge in [0.1, 0.15) is 5.82 Å². The third kappa shape index (κ3) is 1.96. The van der Waals surface area contributed by atoms with Crippen LogP contribution in [0.4, 0.5) is 10.1 Å². The van der Waals surface area contributed by atoms with Gasteiger partial charge in [-0.1, -0.05) is 0 Å². The molecule has 0 radical (unpaired) electrons. The van der Waals surface area contributed by atoms with E-state index in [1.54, 1.807) is 24.5 Å². The molecule has 2 nitrogen and oxygen atoms in total. The lowest BCUT2D eigenvalue weighted by atomic mass is 10.1. The van der Waals surface area contributed by atoms with Gasteiger partial charge < -0.3 is 5.73 Å². The van der Waals surface area contributed by atoms with Gasteiger partial charge in [-0.05, 0) is 36.8 Å². The van der Waals surface area contributed by atoms with Crippen LogP contribution in [-0.2, 0) is 0 Å². The van der Waals surface area contributed by atoms with Crippen molar-refractivity contribution in [3.8, 4) is 11.1 Å². The van der Waals surface area contributed by atoms with Crippen molar-refractivity contribution in [2.75, 3.05) is 5.73 Å². The summed E-state index contributed by atoms with van der Waals surface area (Å²) in [6.07, 6.45) is 3.36. The van der Waals surface area contributed by atoms with Crippen molar-refractivity contribution in [3.63, 3.8) is 0 Å². The molecule has 0 bridgehead atoms. The number of rotatable bonds is 1. The predicted molar refractivity (Wildman–Crippen MR) is 58.8 cm³/mol. The molecular formula is C12H11FN2. The van der Waals surface area contributed by atoms with Crippen LogP contribution in [0, 0.1) is 12.7 Å². The summed E-state index contributed by atoms with van der Waals surface area (Å²) >= 11 is 0. The maximum atomic E-state index is 13.5. The van der Waals surface area contributed by atoms with E-state index in [1.807, 2.05) is 13.0 Å². The minimum absolute atomic E-state index is 0.281. The summed E-state index contributed by atoms with van der Waals surface area (Å²) < 4.78 is 13.5. The van der Waals surface area contributed by atoms with Crippen LogP contribution in [0.25, 0.3) is 11.1 Å². The van der Waals surface area contributed by atoms with Gasteiger partial charge in [0.25, 0.3) is 0 Å². The zero-order valence-corrected chi connectivity index (χ0v) is 8.37. The summed E-state index contributed by atoms with van der Waals surface area (Å²) in [7, 11) is 0. The van der Waals surface area contributed by atoms with Gasteiger partial charge >= 0.3 is 0 Å². The van der Waals surface area contributed by atoms with E-state index in [0.717, 1.165) is 11.1 Å². The fourth-order valence-corrected chi connectivity index (χ4v) is 1.47. The van der Waals surface area contributed by atoms with Crippen LogP contribution in [0.3, 0.4) is 0 Å². The first kappa shape index (κ1) is 9.65. The molecule has 2 rings (SSSR count). The van der Waals surface area contributed by atoms with Gasteiger partial charge in [0.2, 0.25) is 0 Å². The molecule has 0 aliphatic carbocycles. The first-order chi connectivity index (χ1) is 7.16.